The van der Waals surface area contributed by atoms with Crippen LogP contribution in [-0.4, -0.2) is 16.1 Å². The standard InChI is InChI=1S/C7H6FNO2S/c1-4-6(12-3-9-4)2-5(8)7(10)11/h2-3H,1H3,(H,10,11). The Balaban J connectivity index is 2.95. The molecule has 0 saturated heterocycles. The zero-order chi connectivity index (χ0) is 9.14. The molecule has 5 heteroatoms. The topological polar surface area (TPSA) is 50.2 Å². The molecule has 1 rings (SSSR count). The molecule has 3 nitrogen and oxygen atoms in total. The summed E-state index contributed by atoms with van der Waals surface area (Å²) in [6.45, 7) is 1.69. The number of carboxylic acid groups (broad SMARTS) is 1. The van der Waals surface area contributed by atoms with Gasteiger partial charge in [0, 0.05) is 6.08 Å². The first-order valence-corrected chi connectivity index (χ1v) is 4.00. The summed E-state index contributed by atoms with van der Waals surface area (Å²) in [5, 5.41) is 8.21. The maximum atomic E-state index is 12.5. The highest BCUT2D eigenvalue weighted by Crippen LogP contribution is 2.16. The number of aromatic nitrogens is 1. The van der Waals surface area contributed by atoms with Gasteiger partial charge in [0.2, 0.25) is 5.83 Å². The van der Waals surface area contributed by atoms with Gasteiger partial charge in [0.05, 0.1) is 16.1 Å². The number of rotatable bonds is 2. The summed E-state index contributed by atoms with van der Waals surface area (Å²) in [6.07, 6.45) is 0.968. The summed E-state index contributed by atoms with van der Waals surface area (Å²) in [6, 6.07) is 0. The van der Waals surface area contributed by atoms with E-state index in [4.69, 9.17) is 5.11 Å². The Labute approximate surface area is 72.2 Å². The van der Waals surface area contributed by atoms with Crippen LogP contribution in [0.1, 0.15) is 10.6 Å². The van der Waals surface area contributed by atoms with Crippen molar-refractivity contribution in [3.8, 4) is 0 Å². The van der Waals surface area contributed by atoms with E-state index in [-0.39, 0.29) is 0 Å². The van der Waals surface area contributed by atoms with Crippen molar-refractivity contribution in [1.29, 1.82) is 0 Å². The van der Waals surface area contributed by atoms with Crippen molar-refractivity contribution in [1.82, 2.24) is 4.98 Å². The van der Waals surface area contributed by atoms with Gasteiger partial charge in [-0.05, 0) is 6.92 Å². The predicted octanol–water partition coefficient (Wildman–Crippen LogP) is 1.85. The fourth-order valence-corrected chi connectivity index (χ4v) is 1.35. The molecule has 0 saturated carbocycles. The predicted molar refractivity (Wildman–Crippen MR) is 43.6 cm³/mol. The van der Waals surface area contributed by atoms with Crippen LogP contribution in [0.25, 0.3) is 6.08 Å². The Morgan fingerprint density at radius 1 is 1.83 bits per heavy atom. The molecule has 0 unspecified atom stereocenters. The van der Waals surface area contributed by atoms with Crippen molar-refractivity contribution in [3.05, 3.63) is 21.9 Å². The minimum absolute atomic E-state index is 0.537. The first-order chi connectivity index (χ1) is 5.61. The molecule has 1 aromatic rings. The molecule has 0 aliphatic rings. The summed E-state index contributed by atoms with van der Waals surface area (Å²) in [5.74, 6) is -2.72. The molecule has 0 aliphatic carbocycles. The zero-order valence-electron chi connectivity index (χ0n) is 6.24. The van der Waals surface area contributed by atoms with Crippen LogP contribution in [-0.2, 0) is 4.79 Å². The first kappa shape index (κ1) is 8.86. The molecular weight excluding hydrogens is 181 g/mol. The lowest BCUT2D eigenvalue weighted by molar-refractivity contribution is -0.134. The number of hydrogen-bond acceptors (Lipinski definition) is 3. The third-order valence-electron chi connectivity index (χ3n) is 1.24. The van der Waals surface area contributed by atoms with E-state index in [9.17, 15) is 9.18 Å². The number of hydrogen-bond donors (Lipinski definition) is 1. The molecule has 0 aromatic carbocycles. The van der Waals surface area contributed by atoms with E-state index < -0.39 is 11.8 Å². The summed E-state index contributed by atoms with van der Waals surface area (Å²) in [7, 11) is 0. The SMILES string of the molecule is Cc1ncsc1C=C(F)C(=O)O. The molecule has 1 aromatic heterocycles. The van der Waals surface area contributed by atoms with Crippen LogP contribution in [0.3, 0.4) is 0 Å². The smallest absolute Gasteiger partial charge is 0.364 e. The fourth-order valence-electron chi connectivity index (χ4n) is 0.626. The van der Waals surface area contributed by atoms with Crippen molar-refractivity contribution >= 4 is 23.4 Å². The van der Waals surface area contributed by atoms with Gasteiger partial charge in [0.25, 0.3) is 0 Å². The highest BCUT2D eigenvalue weighted by atomic mass is 32.1. The van der Waals surface area contributed by atoms with E-state index in [1.807, 2.05) is 0 Å². The van der Waals surface area contributed by atoms with Gasteiger partial charge in [-0.25, -0.2) is 9.78 Å². The largest absolute Gasteiger partial charge is 0.476 e. The van der Waals surface area contributed by atoms with Crippen LogP contribution in [0.2, 0.25) is 0 Å². The average molecular weight is 187 g/mol. The minimum atomic E-state index is -1.55. The fraction of sp³-hybridized carbons (Fsp3) is 0.143. The Kier molecular flexibility index (Phi) is 2.54. The summed E-state index contributed by atoms with van der Waals surface area (Å²) < 4.78 is 12.5. The van der Waals surface area contributed by atoms with Crippen LogP contribution in [0.15, 0.2) is 11.3 Å². The average Bonchev–Trinajstić information content (AvgIpc) is 2.36. The lowest BCUT2D eigenvalue weighted by Crippen LogP contribution is -1.93. The molecular formula is C7H6FNO2S. The second kappa shape index (κ2) is 3.44. The van der Waals surface area contributed by atoms with E-state index in [0.29, 0.717) is 10.6 Å². The van der Waals surface area contributed by atoms with Crippen LogP contribution in [0, 0.1) is 6.92 Å². The Morgan fingerprint density at radius 3 is 2.92 bits per heavy atom. The molecule has 12 heavy (non-hydrogen) atoms. The van der Waals surface area contributed by atoms with Gasteiger partial charge in [-0.15, -0.1) is 11.3 Å². The number of thiazole rings is 1. The molecule has 64 valence electrons. The number of halogens is 1. The maximum absolute atomic E-state index is 12.5. The van der Waals surface area contributed by atoms with Gasteiger partial charge in [0.15, 0.2) is 0 Å². The molecule has 0 bridgehead atoms. The molecule has 0 atom stereocenters. The molecule has 0 spiro atoms. The van der Waals surface area contributed by atoms with Gasteiger partial charge in [-0.2, -0.15) is 4.39 Å². The summed E-state index contributed by atoms with van der Waals surface area (Å²) in [4.78, 5) is 14.5. The van der Waals surface area contributed by atoms with Crippen molar-refractivity contribution in [2.75, 3.05) is 0 Å². The highest BCUT2D eigenvalue weighted by molar-refractivity contribution is 7.10. The second-order valence-electron chi connectivity index (χ2n) is 2.10. The number of nitrogens with zero attached hydrogens (tertiary/aromatic N) is 1. The van der Waals surface area contributed by atoms with Crippen LogP contribution >= 0.6 is 11.3 Å². The second-order valence-corrected chi connectivity index (χ2v) is 2.99. The molecule has 0 radical (unpaired) electrons. The maximum Gasteiger partial charge on any atom is 0.364 e. The minimum Gasteiger partial charge on any atom is -0.476 e. The summed E-state index contributed by atoms with van der Waals surface area (Å²) >= 11 is 1.20. The van der Waals surface area contributed by atoms with E-state index in [1.54, 1.807) is 6.92 Å². The highest BCUT2D eigenvalue weighted by Gasteiger charge is 2.07. The zero-order valence-corrected chi connectivity index (χ0v) is 7.06. The number of carboxylic acids is 1. The van der Waals surface area contributed by atoms with Gasteiger partial charge >= 0.3 is 5.97 Å². The van der Waals surface area contributed by atoms with Crippen molar-refractivity contribution < 1.29 is 14.3 Å². The molecule has 1 N–H and O–H groups in total. The number of aryl methyl sites for hydroxylation is 1. The number of aliphatic carboxylic acids is 1. The van der Waals surface area contributed by atoms with E-state index in [0.717, 1.165) is 6.08 Å². The quantitative estimate of drug-likeness (QED) is 0.719. The Morgan fingerprint density at radius 2 is 2.50 bits per heavy atom. The van der Waals surface area contributed by atoms with Crippen molar-refractivity contribution in [3.63, 3.8) is 0 Å². The first-order valence-electron chi connectivity index (χ1n) is 3.12. The van der Waals surface area contributed by atoms with Crippen molar-refractivity contribution in [2.45, 2.75) is 6.92 Å². The molecule has 0 amide bonds. The normalized spacial score (nSPS) is 11.7. The van der Waals surface area contributed by atoms with Crippen LogP contribution < -0.4 is 0 Å². The number of carbonyl (C=O) groups is 1. The Hall–Kier alpha value is -1.23. The van der Waals surface area contributed by atoms with Gasteiger partial charge in [0.1, 0.15) is 0 Å². The van der Waals surface area contributed by atoms with E-state index in [1.165, 1.54) is 16.8 Å². The lowest BCUT2D eigenvalue weighted by atomic mass is 10.3. The lowest BCUT2D eigenvalue weighted by Gasteiger charge is -1.88. The molecule has 0 fully saturated rings. The van der Waals surface area contributed by atoms with Gasteiger partial charge in [-0.3, -0.25) is 0 Å². The molecule has 0 aliphatic heterocycles. The van der Waals surface area contributed by atoms with Crippen LogP contribution in [0.4, 0.5) is 4.39 Å². The Bertz CT molecular complexity index is 332. The third-order valence-corrected chi connectivity index (χ3v) is 2.12. The monoisotopic (exact) mass is 187 g/mol. The van der Waals surface area contributed by atoms with E-state index >= 15 is 0 Å². The van der Waals surface area contributed by atoms with Gasteiger partial charge < -0.3 is 5.11 Å². The molecule has 1 heterocycles. The van der Waals surface area contributed by atoms with Gasteiger partial charge in [-0.1, -0.05) is 0 Å². The van der Waals surface area contributed by atoms with Crippen molar-refractivity contribution in [2.24, 2.45) is 0 Å². The van der Waals surface area contributed by atoms with Crippen LogP contribution in [0.5, 0.6) is 0 Å². The van der Waals surface area contributed by atoms with E-state index in [2.05, 4.69) is 4.98 Å². The third kappa shape index (κ3) is 1.88. The summed E-state index contributed by atoms with van der Waals surface area (Å²) in [5.41, 5.74) is 2.17.